The molecule has 1 aliphatic rings. The summed E-state index contributed by atoms with van der Waals surface area (Å²) in [4.78, 5) is 19.5. The Morgan fingerprint density at radius 2 is 2.15 bits per heavy atom. The fourth-order valence-corrected chi connectivity index (χ4v) is 3.61. The highest BCUT2D eigenvalue weighted by molar-refractivity contribution is 5.95. The van der Waals surface area contributed by atoms with Crippen LogP contribution in [0.5, 0.6) is 0 Å². The van der Waals surface area contributed by atoms with Gasteiger partial charge in [0.05, 0.1) is 0 Å². The van der Waals surface area contributed by atoms with Crippen molar-refractivity contribution in [2.45, 2.75) is 65.5 Å². The molecule has 2 aromatic rings. The van der Waals surface area contributed by atoms with Crippen LogP contribution in [0.4, 0.5) is 0 Å². The average Bonchev–Trinajstić information content (AvgIpc) is 3.07. The molecule has 2 atom stereocenters. The number of likely N-dealkylation sites (tertiary alicyclic amines) is 1. The normalized spacial score (nSPS) is 19.1. The van der Waals surface area contributed by atoms with Gasteiger partial charge < -0.3 is 15.2 Å². The largest absolute Gasteiger partial charge is 0.339 e. The minimum atomic E-state index is -0.0328. The minimum absolute atomic E-state index is 0.0252. The first-order valence-electron chi connectivity index (χ1n) is 9.74. The molecule has 2 heterocycles. The molecule has 1 aliphatic heterocycles. The number of carbonyl (C=O) groups is 1. The maximum atomic E-state index is 13.1. The zero-order chi connectivity index (χ0) is 19.6. The van der Waals surface area contributed by atoms with Crippen LogP contribution in [-0.2, 0) is 6.42 Å². The topological polar surface area (TPSA) is 85.2 Å². The van der Waals surface area contributed by atoms with Crippen molar-refractivity contribution in [3.8, 4) is 11.4 Å². The van der Waals surface area contributed by atoms with Crippen molar-refractivity contribution in [2.75, 3.05) is 6.54 Å². The van der Waals surface area contributed by atoms with Gasteiger partial charge in [-0.1, -0.05) is 38.1 Å². The SMILES string of the molecule is CC(N)C1CCCCN1C(=O)c1cccc(-c2noc(CC(C)(C)C)n2)c1. The molecule has 1 fully saturated rings. The second-order valence-electron chi connectivity index (χ2n) is 8.75. The van der Waals surface area contributed by atoms with Crippen LogP contribution in [0.1, 0.15) is 63.2 Å². The Morgan fingerprint density at radius 3 is 2.85 bits per heavy atom. The van der Waals surface area contributed by atoms with E-state index in [-0.39, 0.29) is 23.4 Å². The number of rotatable bonds is 4. The first kappa shape index (κ1) is 19.5. The summed E-state index contributed by atoms with van der Waals surface area (Å²) in [7, 11) is 0. The first-order valence-corrected chi connectivity index (χ1v) is 9.74. The lowest BCUT2D eigenvalue weighted by Gasteiger charge is -2.38. The number of carbonyl (C=O) groups excluding carboxylic acids is 1. The van der Waals surface area contributed by atoms with Crippen molar-refractivity contribution < 1.29 is 9.32 Å². The molecule has 0 radical (unpaired) electrons. The van der Waals surface area contributed by atoms with E-state index in [2.05, 4.69) is 30.9 Å². The van der Waals surface area contributed by atoms with Gasteiger partial charge in [0.2, 0.25) is 11.7 Å². The van der Waals surface area contributed by atoms with Gasteiger partial charge >= 0.3 is 0 Å². The maximum absolute atomic E-state index is 13.1. The number of hydrogen-bond donors (Lipinski definition) is 1. The van der Waals surface area contributed by atoms with E-state index >= 15 is 0 Å². The molecule has 2 N–H and O–H groups in total. The highest BCUT2D eigenvalue weighted by Gasteiger charge is 2.30. The molecule has 0 saturated carbocycles. The quantitative estimate of drug-likeness (QED) is 0.887. The molecule has 2 unspecified atom stereocenters. The molecule has 1 amide bonds. The molecule has 3 rings (SSSR count). The lowest BCUT2D eigenvalue weighted by atomic mass is 9.92. The summed E-state index contributed by atoms with van der Waals surface area (Å²) >= 11 is 0. The van der Waals surface area contributed by atoms with E-state index in [4.69, 9.17) is 10.3 Å². The van der Waals surface area contributed by atoms with Crippen LogP contribution in [0.3, 0.4) is 0 Å². The van der Waals surface area contributed by atoms with Gasteiger partial charge in [0.1, 0.15) is 0 Å². The lowest BCUT2D eigenvalue weighted by molar-refractivity contribution is 0.0584. The number of nitrogens with zero attached hydrogens (tertiary/aromatic N) is 3. The Labute approximate surface area is 161 Å². The molecule has 1 saturated heterocycles. The molecule has 6 heteroatoms. The summed E-state index contributed by atoms with van der Waals surface area (Å²) in [5, 5.41) is 4.10. The Hall–Kier alpha value is -2.21. The number of benzene rings is 1. The van der Waals surface area contributed by atoms with Crippen LogP contribution in [-0.4, -0.2) is 39.6 Å². The molecule has 1 aromatic heterocycles. The fraction of sp³-hybridized carbons (Fsp3) is 0.571. The van der Waals surface area contributed by atoms with Gasteiger partial charge in [0.25, 0.3) is 5.91 Å². The summed E-state index contributed by atoms with van der Waals surface area (Å²) in [6, 6.07) is 7.53. The van der Waals surface area contributed by atoms with Gasteiger partial charge in [0, 0.05) is 36.2 Å². The van der Waals surface area contributed by atoms with Gasteiger partial charge in [-0.3, -0.25) is 4.79 Å². The highest BCUT2D eigenvalue weighted by atomic mass is 16.5. The molecule has 27 heavy (non-hydrogen) atoms. The van der Waals surface area contributed by atoms with Gasteiger partial charge in [-0.05, 0) is 43.7 Å². The van der Waals surface area contributed by atoms with Crippen molar-refractivity contribution in [1.29, 1.82) is 0 Å². The summed E-state index contributed by atoms with van der Waals surface area (Å²) in [5.41, 5.74) is 7.63. The number of amides is 1. The van der Waals surface area contributed by atoms with E-state index in [1.807, 2.05) is 36.1 Å². The van der Waals surface area contributed by atoms with E-state index in [0.717, 1.165) is 31.4 Å². The average molecular weight is 370 g/mol. The molecule has 0 spiro atoms. The van der Waals surface area contributed by atoms with E-state index < -0.39 is 0 Å². The number of piperidine rings is 1. The monoisotopic (exact) mass is 370 g/mol. The molecule has 146 valence electrons. The first-order chi connectivity index (χ1) is 12.7. The Morgan fingerprint density at radius 1 is 1.37 bits per heavy atom. The van der Waals surface area contributed by atoms with Crippen molar-refractivity contribution in [1.82, 2.24) is 15.0 Å². The van der Waals surface area contributed by atoms with Crippen molar-refractivity contribution in [2.24, 2.45) is 11.1 Å². The third-order valence-electron chi connectivity index (χ3n) is 4.93. The van der Waals surface area contributed by atoms with Gasteiger partial charge in [-0.15, -0.1) is 0 Å². The van der Waals surface area contributed by atoms with Gasteiger partial charge in [-0.25, -0.2) is 0 Å². The summed E-state index contributed by atoms with van der Waals surface area (Å²) in [6.07, 6.45) is 3.82. The zero-order valence-electron chi connectivity index (χ0n) is 16.7. The van der Waals surface area contributed by atoms with Crippen molar-refractivity contribution in [3.05, 3.63) is 35.7 Å². The van der Waals surface area contributed by atoms with Crippen molar-refractivity contribution >= 4 is 5.91 Å². The fourth-order valence-electron chi connectivity index (χ4n) is 3.61. The summed E-state index contributed by atoms with van der Waals surface area (Å²) < 4.78 is 5.39. The Kier molecular flexibility index (Phi) is 5.65. The molecule has 6 nitrogen and oxygen atoms in total. The lowest BCUT2D eigenvalue weighted by Crippen LogP contribution is -2.51. The Balaban J connectivity index is 1.82. The zero-order valence-corrected chi connectivity index (χ0v) is 16.7. The molecular weight excluding hydrogens is 340 g/mol. The number of nitrogens with two attached hydrogens (primary N) is 1. The second-order valence-corrected chi connectivity index (χ2v) is 8.75. The maximum Gasteiger partial charge on any atom is 0.254 e. The Bertz CT molecular complexity index is 791. The smallest absolute Gasteiger partial charge is 0.254 e. The van der Waals surface area contributed by atoms with Crippen LogP contribution in [0.2, 0.25) is 0 Å². The number of hydrogen-bond acceptors (Lipinski definition) is 5. The summed E-state index contributed by atoms with van der Waals surface area (Å²) in [5.74, 6) is 1.16. The third kappa shape index (κ3) is 4.75. The third-order valence-corrected chi connectivity index (χ3v) is 4.93. The van der Waals surface area contributed by atoms with Crippen LogP contribution in [0, 0.1) is 5.41 Å². The van der Waals surface area contributed by atoms with E-state index in [1.165, 1.54) is 0 Å². The van der Waals surface area contributed by atoms with Gasteiger partial charge in [0.15, 0.2) is 0 Å². The van der Waals surface area contributed by atoms with E-state index in [0.29, 0.717) is 23.7 Å². The van der Waals surface area contributed by atoms with Crippen LogP contribution >= 0.6 is 0 Å². The minimum Gasteiger partial charge on any atom is -0.339 e. The standard InChI is InChI=1S/C21H30N4O2/c1-14(22)17-10-5-6-11-25(17)20(26)16-9-7-8-15(12-16)19-23-18(27-24-19)13-21(2,3)4/h7-9,12,14,17H,5-6,10-11,13,22H2,1-4H3. The van der Waals surface area contributed by atoms with E-state index in [1.54, 1.807) is 0 Å². The van der Waals surface area contributed by atoms with Crippen LogP contribution in [0.15, 0.2) is 28.8 Å². The molecular formula is C21H30N4O2. The highest BCUT2D eigenvalue weighted by Crippen LogP contribution is 2.25. The summed E-state index contributed by atoms with van der Waals surface area (Å²) in [6.45, 7) is 9.12. The molecule has 0 bridgehead atoms. The van der Waals surface area contributed by atoms with Crippen LogP contribution < -0.4 is 5.73 Å². The van der Waals surface area contributed by atoms with Gasteiger partial charge in [-0.2, -0.15) is 4.98 Å². The predicted octanol–water partition coefficient (Wildman–Crippen LogP) is 3.67. The predicted molar refractivity (Wildman–Crippen MR) is 105 cm³/mol. The molecule has 1 aromatic carbocycles. The molecule has 0 aliphatic carbocycles. The second kappa shape index (κ2) is 7.80. The van der Waals surface area contributed by atoms with Crippen molar-refractivity contribution in [3.63, 3.8) is 0 Å². The van der Waals surface area contributed by atoms with Crippen LogP contribution in [0.25, 0.3) is 11.4 Å². The van der Waals surface area contributed by atoms with E-state index in [9.17, 15) is 4.79 Å². The number of aromatic nitrogens is 2.